The first kappa shape index (κ1) is 11.5. The lowest BCUT2D eigenvalue weighted by Crippen LogP contribution is -2.28. The number of nitrogens with zero attached hydrogens (tertiary/aromatic N) is 4. The molecule has 0 saturated heterocycles. The summed E-state index contributed by atoms with van der Waals surface area (Å²) in [6.07, 6.45) is 7.08. The highest BCUT2D eigenvalue weighted by atomic mass is 79.9. The molecule has 0 unspecified atom stereocenters. The van der Waals surface area contributed by atoms with Crippen LogP contribution in [0.4, 0.5) is 11.6 Å². The van der Waals surface area contributed by atoms with Crippen molar-refractivity contribution in [1.29, 1.82) is 0 Å². The first-order valence-corrected chi connectivity index (χ1v) is 6.63. The van der Waals surface area contributed by atoms with Crippen LogP contribution in [0.2, 0.25) is 0 Å². The van der Waals surface area contributed by atoms with Crippen molar-refractivity contribution in [2.24, 2.45) is 0 Å². The van der Waals surface area contributed by atoms with E-state index in [1.165, 1.54) is 19.3 Å². The topological polar surface area (TPSA) is 81.7 Å². The van der Waals surface area contributed by atoms with Gasteiger partial charge in [-0.2, -0.15) is 15.1 Å². The molecule has 0 radical (unpaired) electrons. The minimum absolute atomic E-state index is 0.414. The molecule has 6 nitrogen and oxygen atoms in total. The van der Waals surface area contributed by atoms with Crippen molar-refractivity contribution in [3.8, 4) is 5.95 Å². The van der Waals surface area contributed by atoms with Crippen LogP contribution in [0.5, 0.6) is 0 Å². The molecule has 0 bridgehead atoms. The molecule has 0 aliphatic heterocycles. The fraction of sp³-hybridized carbons (Fsp3) is 0.364. The Morgan fingerprint density at radius 1 is 1.39 bits per heavy atom. The summed E-state index contributed by atoms with van der Waals surface area (Å²) in [4.78, 5) is 8.66. The van der Waals surface area contributed by atoms with Crippen LogP contribution in [0.1, 0.15) is 19.3 Å². The van der Waals surface area contributed by atoms with Gasteiger partial charge in [0.1, 0.15) is 16.1 Å². The van der Waals surface area contributed by atoms with Gasteiger partial charge >= 0.3 is 0 Å². The Morgan fingerprint density at radius 2 is 2.22 bits per heavy atom. The zero-order chi connectivity index (χ0) is 12.5. The summed E-state index contributed by atoms with van der Waals surface area (Å²) in [5, 5.41) is 7.48. The van der Waals surface area contributed by atoms with E-state index in [2.05, 4.69) is 36.3 Å². The summed E-state index contributed by atoms with van der Waals surface area (Å²) >= 11 is 3.42. The van der Waals surface area contributed by atoms with Crippen molar-refractivity contribution in [2.45, 2.75) is 25.3 Å². The van der Waals surface area contributed by atoms with E-state index in [1.54, 1.807) is 17.1 Å². The number of halogens is 1. The molecule has 2 aromatic rings. The highest BCUT2D eigenvalue weighted by Crippen LogP contribution is 2.30. The predicted octanol–water partition coefficient (Wildman–Crippen LogP) is 1.97. The average Bonchev–Trinajstić information content (AvgIpc) is 2.82. The van der Waals surface area contributed by atoms with E-state index in [0.717, 1.165) is 5.82 Å². The first-order valence-electron chi connectivity index (χ1n) is 5.83. The number of aromatic nitrogens is 4. The average molecular weight is 309 g/mol. The van der Waals surface area contributed by atoms with Gasteiger partial charge in [0, 0.05) is 18.4 Å². The molecule has 2 aromatic heterocycles. The molecule has 7 heteroatoms. The second-order valence-corrected chi connectivity index (χ2v) is 5.09. The SMILES string of the molecule is Nc1nc(-n2cccn2)nc(NC2CCC2)c1Br. The second kappa shape index (κ2) is 4.56. The molecule has 2 heterocycles. The van der Waals surface area contributed by atoms with Gasteiger partial charge in [-0.05, 0) is 41.3 Å². The maximum Gasteiger partial charge on any atom is 0.254 e. The summed E-state index contributed by atoms with van der Waals surface area (Å²) in [7, 11) is 0. The Kier molecular flexibility index (Phi) is 2.91. The molecule has 3 N–H and O–H groups in total. The Labute approximate surface area is 113 Å². The Balaban J connectivity index is 1.96. The lowest BCUT2D eigenvalue weighted by molar-refractivity contribution is 0.444. The van der Waals surface area contributed by atoms with Crippen molar-refractivity contribution in [1.82, 2.24) is 19.7 Å². The van der Waals surface area contributed by atoms with Crippen molar-refractivity contribution >= 4 is 27.6 Å². The van der Waals surface area contributed by atoms with E-state index >= 15 is 0 Å². The zero-order valence-electron chi connectivity index (χ0n) is 9.67. The molecular weight excluding hydrogens is 296 g/mol. The summed E-state index contributed by atoms with van der Waals surface area (Å²) < 4.78 is 2.31. The lowest BCUT2D eigenvalue weighted by Gasteiger charge is -2.27. The van der Waals surface area contributed by atoms with Gasteiger partial charge in [0.05, 0.1) is 0 Å². The van der Waals surface area contributed by atoms with Crippen molar-refractivity contribution in [3.05, 3.63) is 22.9 Å². The van der Waals surface area contributed by atoms with Crippen LogP contribution in [-0.4, -0.2) is 25.8 Å². The van der Waals surface area contributed by atoms with Gasteiger partial charge in [0.15, 0.2) is 0 Å². The molecule has 1 aliphatic carbocycles. The van der Waals surface area contributed by atoms with Crippen molar-refractivity contribution in [2.75, 3.05) is 11.1 Å². The lowest BCUT2D eigenvalue weighted by atomic mass is 9.93. The third kappa shape index (κ3) is 2.05. The third-order valence-electron chi connectivity index (χ3n) is 3.02. The highest BCUT2D eigenvalue weighted by molar-refractivity contribution is 9.10. The van der Waals surface area contributed by atoms with E-state index in [0.29, 0.717) is 22.3 Å². The van der Waals surface area contributed by atoms with Crippen LogP contribution >= 0.6 is 15.9 Å². The van der Waals surface area contributed by atoms with Gasteiger partial charge < -0.3 is 11.1 Å². The molecular formula is C11H13BrN6. The number of nitrogen functional groups attached to an aromatic ring is 1. The highest BCUT2D eigenvalue weighted by Gasteiger charge is 2.20. The van der Waals surface area contributed by atoms with E-state index in [-0.39, 0.29) is 0 Å². The van der Waals surface area contributed by atoms with Crippen molar-refractivity contribution in [3.63, 3.8) is 0 Å². The molecule has 0 spiro atoms. The minimum Gasteiger partial charge on any atom is -0.383 e. The van der Waals surface area contributed by atoms with Crippen LogP contribution in [-0.2, 0) is 0 Å². The Bertz CT molecular complexity index is 549. The summed E-state index contributed by atoms with van der Waals surface area (Å²) in [5.74, 6) is 1.62. The Morgan fingerprint density at radius 3 is 2.83 bits per heavy atom. The standard InChI is InChI=1S/C11H13BrN6/c12-8-9(13)16-11(18-6-2-5-14-18)17-10(8)15-7-3-1-4-7/h2,5-7H,1,3-4H2,(H3,13,15,16,17). The van der Waals surface area contributed by atoms with Gasteiger partial charge in [0.2, 0.25) is 0 Å². The number of hydrogen-bond acceptors (Lipinski definition) is 5. The van der Waals surface area contributed by atoms with E-state index in [1.807, 2.05) is 6.07 Å². The molecule has 0 aromatic carbocycles. The fourth-order valence-corrected chi connectivity index (χ4v) is 2.08. The van der Waals surface area contributed by atoms with Crippen LogP contribution in [0.25, 0.3) is 5.95 Å². The largest absolute Gasteiger partial charge is 0.383 e. The van der Waals surface area contributed by atoms with Gasteiger partial charge in [-0.25, -0.2) is 4.68 Å². The van der Waals surface area contributed by atoms with Gasteiger partial charge in [-0.3, -0.25) is 0 Å². The normalized spacial score (nSPS) is 15.4. The van der Waals surface area contributed by atoms with Crippen LogP contribution in [0.15, 0.2) is 22.9 Å². The van der Waals surface area contributed by atoms with Gasteiger partial charge in [-0.1, -0.05) is 0 Å². The van der Waals surface area contributed by atoms with E-state index < -0.39 is 0 Å². The maximum absolute atomic E-state index is 5.88. The van der Waals surface area contributed by atoms with E-state index in [9.17, 15) is 0 Å². The summed E-state index contributed by atoms with van der Waals surface area (Å²) in [6, 6.07) is 2.31. The molecule has 0 atom stereocenters. The first-order chi connectivity index (χ1) is 8.74. The number of nitrogens with two attached hydrogens (primary N) is 1. The molecule has 0 amide bonds. The summed E-state index contributed by atoms with van der Waals surface area (Å²) in [5.41, 5.74) is 5.88. The molecule has 3 rings (SSSR count). The molecule has 1 fully saturated rings. The molecule has 1 saturated carbocycles. The quantitative estimate of drug-likeness (QED) is 0.906. The predicted molar refractivity (Wildman–Crippen MR) is 72.5 cm³/mol. The molecule has 94 valence electrons. The monoisotopic (exact) mass is 308 g/mol. The number of hydrogen-bond donors (Lipinski definition) is 2. The zero-order valence-corrected chi connectivity index (χ0v) is 11.3. The summed E-state index contributed by atoms with van der Waals surface area (Å²) in [6.45, 7) is 0. The van der Waals surface area contributed by atoms with Gasteiger partial charge in [-0.15, -0.1) is 0 Å². The minimum atomic E-state index is 0.414. The number of rotatable bonds is 3. The number of anilines is 2. The van der Waals surface area contributed by atoms with Crippen LogP contribution in [0, 0.1) is 0 Å². The molecule has 1 aliphatic rings. The van der Waals surface area contributed by atoms with Gasteiger partial charge in [0.25, 0.3) is 5.95 Å². The third-order valence-corrected chi connectivity index (χ3v) is 3.80. The maximum atomic E-state index is 5.88. The van der Waals surface area contributed by atoms with Crippen LogP contribution < -0.4 is 11.1 Å². The van der Waals surface area contributed by atoms with Crippen molar-refractivity contribution < 1.29 is 0 Å². The second-order valence-electron chi connectivity index (χ2n) is 4.29. The fourth-order valence-electron chi connectivity index (χ4n) is 1.78. The number of nitrogens with one attached hydrogen (secondary N) is 1. The van der Waals surface area contributed by atoms with Crippen LogP contribution in [0.3, 0.4) is 0 Å². The van der Waals surface area contributed by atoms with E-state index in [4.69, 9.17) is 5.73 Å². The molecule has 18 heavy (non-hydrogen) atoms. The smallest absolute Gasteiger partial charge is 0.254 e. The Hall–Kier alpha value is -1.63.